The molecule has 0 aromatic rings. The van der Waals surface area contributed by atoms with Crippen molar-refractivity contribution in [2.45, 2.75) is 48.8 Å². The van der Waals surface area contributed by atoms with E-state index in [9.17, 15) is 25.1 Å². The first-order valence-electron chi connectivity index (χ1n) is 9.73. The molecule has 11 heteroatoms. The summed E-state index contributed by atoms with van der Waals surface area (Å²) in [6, 6.07) is -0.303. The number of carbonyl (C=O) groups is 2. The van der Waals surface area contributed by atoms with Crippen LogP contribution in [-0.4, -0.2) is 90.5 Å². The maximum Gasteiger partial charge on any atom is 1.00 e. The molecule has 3 aliphatic heterocycles. The number of fused-ring (bicyclic) bond motifs is 4. The number of ketones is 1. The predicted octanol–water partition coefficient (Wildman–Crippen LogP) is -4.08. The number of hydrogen-bond donors (Lipinski definition) is 1. The number of aliphatic hydroxyl groups excluding tert-OH is 1. The molecule has 0 radical (unpaired) electrons. The molecule has 0 aromatic heterocycles. The molecule has 4 rings (SSSR count). The molecule has 3 heterocycles. The van der Waals surface area contributed by atoms with Gasteiger partial charge in [-0.05, 0) is 41.9 Å². The normalized spacial score (nSPS) is 36.8. The molecule has 0 amide bonds. The summed E-state index contributed by atoms with van der Waals surface area (Å²) in [5, 5.41) is 32.3. The van der Waals surface area contributed by atoms with Gasteiger partial charge < -0.3 is 24.5 Å². The number of rotatable bonds is 4. The van der Waals surface area contributed by atoms with E-state index in [-0.39, 0.29) is 65.3 Å². The van der Waals surface area contributed by atoms with E-state index in [4.69, 9.17) is 9.47 Å². The minimum absolute atomic E-state index is 0. The summed E-state index contributed by atoms with van der Waals surface area (Å²) in [6.07, 6.45) is 2.02. The summed E-state index contributed by atoms with van der Waals surface area (Å²) in [7, 11) is 4.70. The molecule has 1 unspecified atom stereocenters. The van der Waals surface area contributed by atoms with Crippen molar-refractivity contribution in [1.29, 1.82) is 5.26 Å². The van der Waals surface area contributed by atoms with E-state index in [0.717, 1.165) is 0 Å². The average Bonchev–Trinajstić information content (AvgIpc) is 2.99. The van der Waals surface area contributed by atoms with Gasteiger partial charge in [-0.3, -0.25) is 14.6 Å². The zero-order valence-electron chi connectivity index (χ0n) is 17.9. The van der Waals surface area contributed by atoms with Crippen molar-refractivity contribution in [3.05, 3.63) is 21.7 Å². The molecule has 2 saturated heterocycles. The first-order chi connectivity index (χ1) is 14.3. The molecule has 6 atom stereocenters. The number of ether oxygens (including phenoxy) is 2. The van der Waals surface area contributed by atoms with Crippen molar-refractivity contribution in [3.63, 3.8) is 0 Å². The van der Waals surface area contributed by atoms with Gasteiger partial charge in [-0.2, -0.15) is 5.26 Å². The number of carboxylic acid groups (broad SMARTS) is 1. The molecule has 162 valence electrons. The maximum absolute atomic E-state index is 13.1. The van der Waals surface area contributed by atoms with E-state index in [1.807, 2.05) is 16.8 Å². The van der Waals surface area contributed by atoms with Gasteiger partial charge in [-0.25, -0.2) is 0 Å². The predicted molar refractivity (Wildman–Crippen MR) is 105 cm³/mol. The molecular formula is C20H23BrN3NaO6. The van der Waals surface area contributed by atoms with Crippen LogP contribution >= 0.6 is 15.9 Å². The molecule has 0 spiro atoms. The number of carboxylic acids is 1. The largest absolute Gasteiger partial charge is 1.00 e. The van der Waals surface area contributed by atoms with Crippen LogP contribution in [-0.2, 0) is 19.1 Å². The summed E-state index contributed by atoms with van der Waals surface area (Å²) in [5.74, 6) is -3.56. The van der Waals surface area contributed by atoms with Crippen LogP contribution in [0.4, 0.5) is 0 Å². The average molecular weight is 504 g/mol. The third kappa shape index (κ3) is 3.41. The quantitative estimate of drug-likeness (QED) is 0.301. The van der Waals surface area contributed by atoms with Gasteiger partial charge in [0.05, 0.1) is 23.2 Å². The fraction of sp³-hybridized carbons (Fsp3) is 0.650. The van der Waals surface area contributed by atoms with E-state index in [1.54, 1.807) is 0 Å². The van der Waals surface area contributed by atoms with Gasteiger partial charge in [0.1, 0.15) is 6.04 Å². The van der Waals surface area contributed by atoms with Crippen molar-refractivity contribution in [3.8, 4) is 6.07 Å². The van der Waals surface area contributed by atoms with Crippen LogP contribution in [0.5, 0.6) is 0 Å². The number of methoxy groups -OCH3 is 2. The summed E-state index contributed by atoms with van der Waals surface area (Å²) in [6.45, 7) is -0.375. The number of nitrogens with zero attached hydrogens (tertiary/aromatic N) is 3. The summed E-state index contributed by atoms with van der Waals surface area (Å²) in [4.78, 5) is 28.7. The van der Waals surface area contributed by atoms with E-state index >= 15 is 0 Å². The van der Waals surface area contributed by atoms with Gasteiger partial charge in [-0.1, -0.05) is 0 Å². The van der Waals surface area contributed by atoms with Gasteiger partial charge in [-0.15, -0.1) is 0 Å². The van der Waals surface area contributed by atoms with Gasteiger partial charge in [0.25, 0.3) is 0 Å². The summed E-state index contributed by atoms with van der Waals surface area (Å²) >= 11 is 3.29. The maximum atomic E-state index is 13.1. The van der Waals surface area contributed by atoms with E-state index < -0.39 is 41.8 Å². The van der Waals surface area contributed by atoms with Crippen molar-refractivity contribution in [2.75, 3.05) is 27.9 Å². The molecular weight excluding hydrogens is 481 g/mol. The number of allylic oxidation sites excluding steroid dienone is 1. The minimum Gasteiger partial charge on any atom is -0.550 e. The zero-order valence-corrected chi connectivity index (χ0v) is 21.5. The monoisotopic (exact) mass is 503 g/mol. The number of carbonyl (C=O) groups excluding carboxylic acids is 2. The Balaban J connectivity index is 0.00000272. The van der Waals surface area contributed by atoms with Gasteiger partial charge in [0.15, 0.2) is 5.78 Å². The van der Waals surface area contributed by atoms with Crippen molar-refractivity contribution >= 4 is 27.7 Å². The number of nitriles is 1. The van der Waals surface area contributed by atoms with E-state index in [2.05, 4.69) is 22.0 Å². The number of likely N-dealkylation sites (N-methyl/N-ethyl adjacent to an activating group) is 1. The third-order valence-electron chi connectivity index (χ3n) is 7.19. The zero-order chi connectivity index (χ0) is 22.0. The molecule has 4 aliphatic rings. The summed E-state index contributed by atoms with van der Waals surface area (Å²) < 4.78 is 11.6. The van der Waals surface area contributed by atoms with Crippen molar-refractivity contribution in [2.24, 2.45) is 5.92 Å². The van der Waals surface area contributed by atoms with Crippen LogP contribution in [0.1, 0.15) is 12.8 Å². The number of aliphatic carboxylic acids is 1. The fourth-order valence-electron chi connectivity index (χ4n) is 5.97. The van der Waals surface area contributed by atoms with Crippen molar-refractivity contribution < 1.29 is 58.8 Å². The Morgan fingerprint density at radius 3 is 2.58 bits per heavy atom. The van der Waals surface area contributed by atoms with E-state index in [1.165, 1.54) is 20.3 Å². The fourth-order valence-corrected chi connectivity index (χ4v) is 6.51. The van der Waals surface area contributed by atoms with Crippen LogP contribution in [0.3, 0.4) is 0 Å². The Kier molecular flexibility index (Phi) is 7.24. The molecule has 2 bridgehead atoms. The first kappa shape index (κ1) is 25.0. The van der Waals surface area contributed by atoms with Crippen LogP contribution in [0.25, 0.3) is 0 Å². The van der Waals surface area contributed by atoms with Crippen LogP contribution in [0, 0.1) is 17.2 Å². The van der Waals surface area contributed by atoms with Crippen LogP contribution in [0.2, 0.25) is 0 Å². The minimum atomic E-state index is -1.38. The topological polar surface area (TPSA) is 126 Å². The van der Waals surface area contributed by atoms with E-state index in [0.29, 0.717) is 11.1 Å². The second-order valence-corrected chi connectivity index (χ2v) is 9.02. The van der Waals surface area contributed by atoms with Gasteiger partial charge in [0, 0.05) is 55.4 Å². The number of aliphatic hydroxyl groups is 1. The molecule has 0 aromatic carbocycles. The Morgan fingerprint density at radius 2 is 2.06 bits per heavy atom. The molecule has 2 fully saturated rings. The van der Waals surface area contributed by atoms with Crippen LogP contribution in [0.15, 0.2) is 21.7 Å². The second-order valence-electron chi connectivity index (χ2n) is 8.17. The van der Waals surface area contributed by atoms with Gasteiger partial charge >= 0.3 is 29.6 Å². The number of halogens is 1. The van der Waals surface area contributed by atoms with Gasteiger partial charge in [0.2, 0.25) is 5.79 Å². The molecule has 9 nitrogen and oxygen atoms in total. The smallest absolute Gasteiger partial charge is 0.550 e. The SMILES string of the molecule is COC1(OC)C=C(Br)C(=O)C2=C1[C@H](CO)N1C(C#N)[C@@H]3C[C@@H](C(=O)[O-])[C@H]([C@@H]1C2)N3C.[Na+]. The second kappa shape index (κ2) is 8.97. The molecule has 1 N–H and O–H groups in total. The standard InChI is InChI=1S/C20H24BrN3O6.Na/c1-23-12-5-10(19(27)28)17(23)13-4-9-16(15(8-25)24(13)14(12)7-22)20(29-2,30-3)6-11(21)18(9)26;/h6,10,12-15,17,25H,4-5,8H2,1-3H3,(H,27,28);/q;+1/p-1/t10-,12+,13+,14?,15+,17-;/m1./s1. The van der Waals surface area contributed by atoms with Crippen LogP contribution < -0.4 is 34.7 Å². The number of piperazine rings is 1. The Bertz CT molecular complexity index is 898. The Hall–Kier alpha value is -0.610. The third-order valence-corrected chi connectivity index (χ3v) is 7.78. The number of Topliss-reactive ketones (excluding diaryl/α,β-unsaturated/α-hetero) is 1. The first-order valence-corrected chi connectivity index (χ1v) is 10.5. The Labute approximate surface area is 211 Å². The molecule has 31 heavy (non-hydrogen) atoms. The summed E-state index contributed by atoms with van der Waals surface area (Å²) in [5.41, 5.74) is 0.884. The Morgan fingerprint density at radius 1 is 1.42 bits per heavy atom. The molecule has 0 saturated carbocycles. The van der Waals surface area contributed by atoms with Crippen molar-refractivity contribution in [1.82, 2.24) is 9.80 Å². The number of hydrogen-bond acceptors (Lipinski definition) is 9. The molecule has 1 aliphatic carbocycles.